The minimum atomic E-state index is -3.63. The van der Waals surface area contributed by atoms with Crippen molar-refractivity contribution in [2.24, 2.45) is 5.73 Å². The molecular formula is C10H8ClF2NO. The van der Waals surface area contributed by atoms with Crippen LogP contribution in [0.4, 0.5) is 8.78 Å². The lowest BCUT2D eigenvalue weighted by atomic mass is 10.2. The number of amides is 1. The van der Waals surface area contributed by atoms with Gasteiger partial charge in [0.1, 0.15) is 0 Å². The Morgan fingerprint density at radius 1 is 1.33 bits per heavy atom. The fourth-order valence-corrected chi connectivity index (χ4v) is 0.983. The second-order valence-corrected chi connectivity index (χ2v) is 3.31. The predicted octanol–water partition coefficient (Wildman–Crippen LogP) is 2.47. The number of hydrogen-bond donors (Lipinski definition) is 1. The predicted molar refractivity (Wildman–Crippen MR) is 54.6 cm³/mol. The van der Waals surface area contributed by atoms with Crippen molar-refractivity contribution in [3.8, 4) is 0 Å². The minimum absolute atomic E-state index is 0.457. The van der Waals surface area contributed by atoms with Gasteiger partial charge in [-0.15, -0.1) is 0 Å². The van der Waals surface area contributed by atoms with E-state index in [1.54, 1.807) is 24.3 Å². The molecule has 15 heavy (non-hydrogen) atoms. The monoisotopic (exact) mass is 231 g/mol. The fourth-order valence-electron chi connectivity index (χ4n) is 0.857. The average Bonchev–Trinajstić information content (AvgIpc) is 2.17. The number of carbonyl (C=O) groups is 1. The smallest absolute Gasteiger partial charge is 0.343 e. The van der Waals surface area contributed by atoms with Gasteiger partial charge in [-0.3, -0.25) is 4.79 Å². The zero-order valence-corrected chi connectivity index (χ0v) is 8.34. The van der Waals surface area contributed by atoms with Gasteiger partial charge in [-0.05, 0) is 23.8 Å². The molecule has 0 saturated carbocycles. The highest BCUT2D eigenvalue weighted by molar-refractivity contribution is 6.30. The van der Waals surface area contributed by atoms with Gasteiger partial charge in [0, 0.05) is 5.02 Å². The van der Waals surface area contributed by atoms with Crippen LogP contribution in [0, 0.1) is 0 Å². The summed E-state index contributed by atoms with van der Waals surface area (Å²) < 4.78 is 25.4. The fraction of sp³-hybridized carbons (Fsp3) is 0.100. The van der Waals surface area contributed by atoms with E-state index in [1.807, 2.05) is 0 Å². The summed E-state index contributed by atoms with van der Waals surface area (Å²) in [4.78, 5) is 10.3. The van der Waals surface area contributed by atoms with Crippen molar-refractivity contribution in [3.63, 3.8) is 0 Å². The molecule has 1 amide bonds. The Hall–Kier alpha value is -1.42. The van der Waals surface area contributed by atoms with Gasteiger partial charge in [-0.2, -0.15) is 8.78 Å². The van der Waals surface area contributed by atoms with Crippen molar-refractivity contribution >= 4 is 23.6 Å². The van der Waals surface area contributed by atoms with Gasteiger partial charge >= 0.3 is 5.92 Å². The van der Waals surface area contributed by atoms with E-state index in [9.17, 15) is 13.6 Å². The molecule has 0 radical (unpaired) electrons. The van der Waals surface area contributed by atoms with Gasteiger partial charge in [0.2, 0.25) is 0 Å². The summed E-state index contributed by atoms with van der Waals surface area (Å²) in [7, 11) is 0. The Bertz CT molecular complexity index is 387. The van der Waals surface area contributed by atoms with Crippen molar-refractivity contribution < 1.29 is 13.6 Å². The number of carbonyl (C=O) groups excluding carboxylic acids is 1. The Morgan fingerprint density at radius 2 is 1.87 bits per heavy atom. The molecule has 0 aliphatic heterocycles. The molecule has 0 atom stereocenters. The standard InChI is InChI=1S/C10H8ClF2NO/c11-8-3-1-7(2-4-8)5-6-10(12,13)9(14)15/h1-6H,(H2,14,15)/b6-5+. The average molecular weight is 232 g/mol. The summed E-state index contributed by atoms with van der Waals surface area (Å²) in [6.45, 7) is 0. The number of halogens is 3. The number of primary amides is 1. The van der Waals surface area contributed by atoms with Gasteiger partial charge in [-0.25, -0.2) is 0 Å². The maximum absolute atomic E-state index is 12.7. The van der Waals surface area contributed by atoms with E-state index in [-0.39, 0.29) is 0 Å². The van der Waals surface area contributed by atoms with Gasteiger partial charge in [-0.1, -0.05) is 29.8 Å². The van der Waals surface area contributed by atoms with E-state index >= 15 is 0 Å². The van der Waals surface area contributed by atoms with E-state index in [2.05, 4.69) is 5.73 Å². The quantitative estimate of drug-likeness (QED) is 0.853. The second kappa shape index (κ2) is 4.40. The van der Waals surface area contributed by atoms with Crippen LogP contribution in [0.1, 0.15) is 5.56 Å². The zero-order chi connectivity index (χ0) is 11.5. The summed E-state index contributed by atoms with van der Waals surface area (Å²) in [6.07, 6.45) is 1.57. The third-order valence-electron chi connectivity index (χ3n) is 1.68. The molecular weight excluding hydrogens is 224 g/mol. The topological polar surface area (TPSA) is 43.1 Å². The lowest BCUT2D eigenvalue weighted by molar-refractivity contribution is -0.135. The second-order valence-electron chi connectivity index (χ2n) is 2.87. The third kappa shape index (κ3) is 3.32. The maximum atomic E-state index is 12.7. The SMILES string of the molecule is NC(=O)C(F)(F)/C=C/c1ccc(Cl)cc1. The van der Waals surface area contributed by atoms with Crippen LogP contribution in [-0.4, -0.2) is 11.8 Å². The van der Waals surface area contributed by atoms with Crippen LogP contribution in [0.5, 0.6) is 0 Å². The highest BCUT2D eigenvalue weighted by Gasteiger charge is 2.32. The van der Waals surface area contributed by atoms with E-state index in [0.717, 1.165) is 6.08 Å². The molecule has 1 aromatic carbocycles. The van der Waals surface area contributed by atoms with Crippen LogP contribution in [0.3, 0.4) is 0 Å². The molecule has 0 bridgehead atoms. The molecule has 0 aromatic heterocycles. The Kier molecular flexibility index (Phi) is 3.42. The van der Waals surface area contributed by atoms with Crippen LogP contribution in [0.2, 0.25) is 5.02 Å². The van der Waals surface area contributed by atoms with Crippen molar-refractivity contribution in [3.05, 3.63) is 40.9 Å². The molecule has 1 aromatic rings. The third-order valence-corrected chi connectivity index (χ3v) is 1.94. The van der Waals surface area contributed by atoms with Gasteiger partial charge in [0.25, 0.3) is 5.91 Å². The summed E-state index contributed by atoms with van der Waals surface area (Å²) in [5.41, 5.74) is 5.01. The number of rotatable bonds is 3. The molecule has 2 nitrogen and oxygen atoms in total. The summed E-state index contributed by atoms with van der Waals surface area (Å²) >= 11 is 5.61. The molecule has 1 rings (SSSR count). The van der Waals surface area contributed by atoms with Crippen LogP contribution in [0.15, 0.2) is 30.3 Å². The molecule has 0 aliphatic carbocycles. The number of alkyl halides is 2. The lowest BCUT2D eigenvalue weighted by Crippen LogP contribution is -2.33. The molecule has 80 valence electrons. The van der Waals surface area contributed by atoms with Crippen LogP contribution < -0.4 is 5.73 Å². The number of benzene rings is 1. The summed E-state index contributed by atoms with van der Waals surface area (Å²) in [5.74, 6) is -5.30. The minimum Gasteiger partial charge on any atom is -0.364 e. The summed E-state index contributed by atoms with van der Waals surface area (Å²) in [5, 5.41) is 0.508. The first kappa shape index (κ1) is 11.7. The Labute approximate surface area is 90.3 Å². The molecule has 0 saturated heterocycles. The van der Waals surface area contributed by atoms with Crippen LogP contribution in [-0.2, 0) is 4.79 Å². The van der Waals surface area contributed by atoms with E-state index in [4.69, 9.17) is 11.6 Å². The van der Waals surface area contributed by atoms with Gasteiger partial charge < -0.3 is 5.73 Å². The first-order valence-electron chi connectivity index (χ1n) is 4.04. The van der Waals surface area contributed by atoms with Crippen molar-refractivity contribution in [1.29, 1.82) is 0 Å². The largest absolute Gasteiger partial charge is 0.364 e. The van der Waals surface area contributed by atoms with E-state index in [1.165, 1.54) is 0 Å². The van der Waals surface area contributed by atoms with Crippen molar-refractivity contribution in [2.75, 3.05) is 0 Å². The first-order valence-corrected chi connectivity index (χ1v) is 4.42. The van der Waals surface area contributed by atoms with Crippen LogP contribution >= 0.6 is 11.6 Å². The molecule has 0 heterocycles. The highest BCUT2D eigenvalue weighted by Crippen LogP contribution is 2.17. The molecule has 0 aliphatic rings. The van der Waals surface area contributed by atoms with E-state index < -0.39 is 11.8 Å². The van der Waals surface area contributed by atoms with Crippen LogP contribution in [0.25, 0.3) is 6.08 Å². The molecule has 0 fully saturated rings. The maximum Gasteiger partial charge on any atom is 0.343 e. The van der Waals surface area contributed by atoms with Crippen molar-refractivity contribution in [1.82, 2.24) is 0 Å². The van der Waals surface area contributed by atoms with Gasteiger partial charge in [0.15, 0.2) is 0 Å². The van der Waals surface area contributed by atoms with E-state index in [0.29, 0.717) is 16.7 Å². The molecule has 2 N–H and O–H groups in total. The highest BCUT2D eigenvalue weighted by atomic mass is 35.5. The molecule has 0 spiro atoms. The Morgan fingerprint density at radius 3 is 2.33 bits per heavy atom. The first-order chi connectivity index (χ1) is 6.92. The van der Waals surface area contributed by atoms with Crippen molar-refractivity contribution in [2.45, 2.75) is 5.92 Å². The number of hydrogen-bond acceptors (Lipinski definition) is 1. The molecule has 5 heteroatoms. The number of nitrogens with two attached hydrogens (primary N) is 1. The normalized spacial score (nSPS) is 11.9. The molecule has 0 unspecified atom stereocenters. The van der Waals surface area contributed by atoms with Gasteiger partial charge in [0.05, 0.1) is 0 Å². The lowest BCUT2D eigenvalue weighted by Gasteiger charge is -2.05. The zero-order valence-electron chi connectivity index (χ0n) is 7.58. The summed E-state index contributed by atoms with van der Waals surface area (Å²) in [6, 6.07) is 6.22. The Balaban J connectivity index is 2.82.